The van der Waals surface area contributed by atoms with Crippen molar-refractivity contribution in [3.8, 4) is 23.0 Å². The fourth-order valence-corrected chi connectivity index (χ4v) is 3.12. The highest BCUT2D eigenvalue weighted by molar-refractivity contribution is 5.41. The lowest BCUT2D eigenvalue weighted by atomic mass is 9.90. The van der Waals surface area contributed by atoms with Gasteiger partial charge in [0, 0.05) is 11.1 Å². The molecule has 1 spiro atoms. The lowest BCUT2D eigenvalue weighted by molar-refractivity contribution is -0.307. The van der Waals surface area contributed by atoms with Gasteiger partial charge < -0.3 is 39.4 Å². The first-order chi connectivity index (χ1) is 13.0. The van der Waals surface area contributed by atoms with Gasteiger partial charge in [0.2, 0.25) is 0 Å². The molecule has 0 bridgehead atoms. The molecule has 2 aliphatic heterocycles. The highest BCUT2D eigenvalue weighted by atomic mass is 16.7. The van der Waals surface area contributed by atoms with Crippen molar-refractivity contribution in [2.45, 2.75) is 12.6 Å². The second kappa shape index (κ2) is 6.90. The molecule has 2 saturated heterocycles. The van der Waals surface area contributed by atoms with Gasteiger partial charge in [-0.1, -0.05) is 12.1 Å². The van der Waals surface area contributed by atoms with Crippen molar-refractivity contribution >= 4 is 0 Å². The van der Waals surface area contributed by atoms with E-state index in [0.717, 1.165) is 0 Å². The van der Waals surface area contributed by atoms with Crippen LogP contribution in [-0.4, -0.2) is 46.9 Å². The molecule has 0 aliphatic carbocycles. The number of aromatic hydroxyl groups is 4. The zero-order valence-corrected chi connectivity index (χ0v) is 14.4. The Kier molecular flexibility index (Phi) is 4.56. The second-order valence-electron chi connectivity index (χ2n) is 6.90. The van der Waals surface area contributed by atoms with E-state index in [9.17, 15) is 20.4 Å². The van der Waals surface area contributed by atoms with E-state index in [2.05, 4.69) is 0 Å². The molecule has 2 heterocycles. The van der Waals surface area contributed by atoms with Crippen LogP contribution in [0.2, 0.25) is 0 Å². The van der Waals surface area contributed by atoms with Crippen molar-refractivity contribution in [1.29, 1.82) is 0 Å². The number of hydrogen-bond acceptors (Lipinski definition) is 8. The van der Waals surface area contributed by atoms with E-state index in [1.54, 1.807) is 12.1 Å². The van der Waals surface area contributed by atoms with Gasteiger partial charge in [0.15, 0.2) is 35.6 Å². The molecule has 0 radical (unpaired) electrons. The van der Waals surface area contributed by atoms with Crippen molar-refractivity contribution in [2.75, 3.05) is 26.4 Å². The Hall–Kier alpha value is -2.52. The maximum absolute atomic E-state index is 9.61. The van der Waals surface area contributed by atoms with Crippen LogP contribution in [0.1, 0.15) is 23.7 Å². The van der Waals surface area contributed by atoms with Crippen LogP contribution in [0.4, 0.5) is 0 Å². The van der Waals surface area contributed by atoms with E-state index >= 15 is 0 Å². The lowest BCUT2D eigenvalue weighted by Crippen LogP contribution is -2.49. The van der Waals surface area contributed by atoms with Gasteiger partial charge >= 0.3 is 0 Å². The highest BCUT2D eigenvalue weighted by Gasteiger charge is 2.42. The summed E-state index contributed by atoms with van der Waals surface area (Å²) in [6.45, 7) is 1.36. The van der Waals surface area contributed by atoms with E-state index in [1.807, 2.05) is 0 Å². The lowest BCUT2D eigenvalue weighted by Gasteiger charge is -2.43. The Morgan fingerprint density at radius 3 is 1.30 bits per heavy atom. The normalized spacial score (nSPS) is 28.3. The average molecular weight is 376 g/mol. The number of phenols is 4. The maximum Gasteiger partial charge on any atom is 0.183 e. The minimum Gasteiger partial charge on any atom is -0.504 e. The van der Waals surface area contributed by atoms with E-state index in [1.165, 1.54) is 24.3 Å². The van der Waals surface area contributed by atoms with Crippen LogP contribution in [0.3, 0.4) is 0 Å². The minimum absolute atomic E-state index is 0.202. The van der Waals surface area contributed by atoms with Crippen LogP contribution in [0, 0.1) is 5.41 Å². The minimum atomic E-state index is -0.645. The van der Waals surface area contributed by atoms with Crippen LogP contribution >= 0.6 is 0 Å². The molecule has 4 N–H and O–H groups in total. The van der Waals surface area contributed by atoms with Crippen molar-refractivity contribution in [1.82, 2.24) is 0 Å². The Bertz CT molecular complexity index is 747. The molecule has 0 aromatic heterocycles. The fraction of sp³-hybridized carbons (Fsp3) is 0.368. The molecule has 2 fully saturated rings. The highest BCUT2D eigenvalue weighted by Crippen LogP contribution is 2.40. The van der Waals surface area contributed by atoms with Gasteiger partial charge in [-0.25, -0.2) is 0 Å². The van der Waals surface area contributed by atoms with Crippen molar-refractivity contribution in [3.05, 3.63) is 47.5 Å². The SMILES string of the molecule is Oc1ccc(C2OCC3(CO2)COC(c2ccc(O)c(O)c2)OC3)cc1O. The van der Waals surface area contributed by atoms with Gasteiger partial charge in [0.05, 0.1) is 31.8 Å². The molecule has 8 heteroatoms. The zero-order valence-electron chi connectivity index (χ0n) is 14.4. The van der Waals surface area contributed by atoms with Gasteiger partial charge in [0.1, 0.15) is 0 Å². The molecule has 27 heavy (non-hydrogen) atoms. The molecule has 0 atom stereocenters. The van der Waals surface area contributed by atoms with Gasteiger partial charge in [0.25, 0.3) is 0 Å². The molecule has 0 unspecified atom stereocenters. The third kappa shape index (κ3) is 3.52. The third-order valence-electron chi connectivity index (χ3n) is 4.71. The van der Waals surface area contributed by atoms with Crippen molar-refractivity contribution in [3.63, 3.8) is 0 Å². The van der Waals surface area contributed by atoms with E-state index in [4.69, 9.17) is 18.9 Å². The summed E-state index contributed by atoms with van der Waals surface area (Å²) in [5.74, 6) is -0.869. The summed E-state index contributed by atoms with van der Waals surface area (Å²) in [4.78, 5) is 0. The number of hydrogen-bond donors (Lipinski definition) is 4. The molecule has 8 nitrogen and oxygen atoms in total. The number of benzene rings is 2. The fourth-order valence-electron chi connectivity index (χ4n) is 3.12. The van der Waals surface area contributed by atoms with Gasteiger partial charge in [-0.3, -0.25) is 0 Å². The van der Waals surface area contributed by atoms with Crippen LogP contribution in [-0.2, 0) is 18.9 Å². The number of phenolic OH excluding ortho intramolecular Hbond substituents is 4. The number of rotatable bonds is 2. The molecule has 0 saturated carbocycles. The predicted octanol–water partition coefficient (Wildman–Crippen LogP) is 2.29. The Labute approximate surface area is 155 Å². The molecular formula is C19H20O8. The molecular weight excluding hydrogens is 356 g/mol. The standard InChI is InChI=1S/C19H20O8/c20-13-3-1-11(5-15(13)22)17-24-7-19(8-25-17)9-26-18(27-10-19)12-2-4-14(21)16(23)6-12/h1-6,17-18,20-23H,7-10H2. The van der Waals surface area contributed by atoms with E-state index < -0.39 is 18.0 Å². The number of ether oxygens (including phenoxy) is 4. The average Bonchev–Trinajstić information content (AvgIpc) is 2.68. The van der Waals surface area contributed by atoms with E-state index in [0.29, 0.717) is 37.6 Å². The summed E-state index contributed by atoms with van der Waals surface area (Å²) in [5, 5.41) is 38.0. The van der Waals surface area contributed by atoms with E-state index in [-0.39, 0.29) is 23.0 Å². The Morgan fingerprint density at radius 2 is 0.963 bits per heavy atom. The summed E-state index contributed by atoms with van der Waals surface area (Å²) in [6, 6.07) is 8.81. The topological polar surface area (TPSA) is 118 Å². The molecule has 0 amide bonds. The monoisotopic (exact) mass is 376 g/mol. The smallest absolute Gasteiger partial charge is 0.183 e. The van der Waals surface area contributed by atoms with Gasteiger partial charge in [-0.05, 0) is 24.3 Å². The summed E-state index contributed by atoms with van der Waals surface area (Å²) < 4.78 is 23.1. The Balaban J connectivity index is 1.37. The van der Waals surface area contributed by atoms with Gasteiger partial charge in [-0.2, -0.15) is 0 Å². The van der Waals surface area contributed by atoms with Crippen molar-refractivity contribution < 1.29 is 39.4 Å². The van der Waals surface area contributed by atoms with Crippen LogP contribution in [0.5, 0.6) is 23.0 Å². The molecule has 4 rings (SSSR count). The second-order valence-corrected chi connectivity index (χ2v) is 6.90. The molecule has 2 aliphatic rings. The van der Waals surface area contributed by atoms with Gasteiger partial charge in [-0.15, -0.1) is 0 Å². The summed E-state index contributed by atoms with van der Waals surface area (Å²) in [6.07, 6.45) is -1.29. The molecule has 2 aromatic rings. The first-order valence-corrected chi connectivity index (χ1v) is 8.46. The molecule has 144 valence electrons. The van der Waals surface area contributed by atoms with Crippen LogP contribution in [0.25, 0.3) is 0 Å². The predicted molar refractivity (Wildman–Crippen MR) is 91.3 cm³/mol. The van der Waals surface area contributed by atoms with Crippen LogP contribution < -0.4 is 0 Å². The third-order valence-corrected chi connectivity index (χ3v) is 4.71. The first kappa shape index (κ1) is 17.9. The summed E-state index contributed by atoms with van der Waals surface area (Å²) in [5.41, 5.74) is 0.760. The summed E-state index contributed by atoms with van der Waals surface area (Å²) >= 11 is 0. The largest absolute Gasteiger partial charge is 0.504 e. The first-order valence-electron chi connectivity index (χ1n) is 8.46. The van der Waals surface area contributed by atoms with Crippen LogP contribution in [0.15, 0.2) is 36.4 Å². The zero-order chi connectivity index (χ0) is 19.0. The van der Waals surface area contributed by atoms with Crippen molar-refractivity contribution in [2.24, 2.45) is 5.41 Å². The molecule has 2 aromatic carbocycles. The summed E-state index contributed by atoms with van der Waals surface area (Å²) in [7, 11) is 0. The Morgan fingerprint density at radius 1 is 0.593 bits per heavy atom. The maximum atomic E-state index is 9.61. The quantitative estimate of drug-likeness (QED) is 0.590.